The van der Waals surface area contributed by atoms with Gasteiger partial charge in [0.05, 0.1) is 32.0 Å². The summed E-state index contributed by atoms with van der Waals surface area (Å²) in [6.45, 7) is -1.19. The zero-order valence-corrected chi connectivity index (χ0v) is 21.3. The van der Waals surface area contributed by atoms with Crippen molar-refractivity contribution >= 4 is 5.97 Å². The van der Waals surface area contributed by atoms with Crippen molar-refractivity contribution in [1.29, 1.82) is 0 Å². The van der Waals surface area contributed by atoms with Crippen molar-refractivity contribution in [2.45, 2.75) is 105 Å². The molecule has 3 aliphatic rings. The van der Waals surface area contributed by atoms with Gasteiger partial charge in [-0.2, -0.15) is 0 Å². The average Bonchev–Trinajstić information content (AvgIpc) is 2.93. The maximum atomic E-state index is 12.2. The normalized spacial score (nSPS) is 48.0. The number of aliphatic hydroxyl groups excluding tert-OH is 11. The highest BCUT2D eigenvalue weighted by Crippen LogP contribution is 2.37. The van der Waals surface area contributed by atoms with Gasteiger partial charge in [0.2, 0.25) is 0 Å². The minimum absolute atomic E-state index is 0.681. The molecule has 0 saturated carbocycles. The van der Waals surface area contributed by atoms with Gasteiger partial charge in [0.25, 0.3) is 5.79 Å². The standard InChI is InChI=1S/C22H38O18/c1-6-7(25)2-22(21(34)35,40-17(6)11(27)8(26)3-23)36-5-10-12(28)13(29)16(32)20(38-10)39-18-9(4-24)37-19(33)15(31)14(18)30/h6-20,23-33H,2-5H2,1H3,(H,34,35)/t6-,7-,8-,9?,10?,11-,12+,13+,14-,15?,16?,17-,18-,19?,20+,22-/m1/s1. The second-order valence-corrected chi connectivity index (χ2v) is 10.2. The van der Waals surface area contributed by atoms with E-state index in [4.69, 9.17) is 28.8 Å². The molecule has 3 aliphatic heterocycles. The Balaban J connectivity index is 1.77. The molecule has 3 heterocycles. The van der Waals surface area contributed by atoms with Crippen LogP contribution in [0.15, 0.2) is 0 Å². The van der Waals surface area contributed by atoms with E-state index in [-0.39, 0.29) is 0 Å². The van der Waals surface area contributed by atoms with Crippen LogP contribution in [-0.2, 0) is 28.5 Å². The molecule has 3 fully saturated rings. The first-order valence-corrected chi connectivity index (χ1v) is 12.5. The molecule has 0 radical (unpaired) electrons. The topological polar surface area (TPSA) is 306 Å². The van der Waals surface area contributed by atoms with Gasteiger partial charge in [0.15, 0.2) is 12.6 Å². The van der Waals surface area contributed by atoms with Crippen molar-refractivity contribution in [3.8, 4) is 0 Å². The molecule has 0 aromatic rings. The fourth-order valence-electron chi connectivity index (χ4n) is 4.83. The Morgan fingerprint density at radius 1 is 0.925 bits per heavy atom. The predicted octanol–water partition coefficient (Wildman–Crippen LogP) is -7.09. The highest BCUT2D eigenvalue weighted by atomic mass is 16.8. The van der Waals surface area contributed by atoms with Gasteiger partial charge in [-0.3, -0.25) is 0 Å². The zero-order chi connectivity index (χ0) is 30.1. The molecule has 0 aliphatic carbocycles. The van der Waals surface area contributed by atoms with E-state index in [0.29, 0.717) is 0 Å². The van der Waals surface area contributed by atoms with Crippen LogP contribution in [0.1, 0.15) is 13.3 Å². The number of ether oxygens (including phenoxy) is 5. The van der Waals surface area contributed by atoms with E-state index in [0.717, 1.165) is 0 Å². The summed E-state index contributed by atoms with van der Waals surface area (Å²) in [5.41, 5.74) is 0. The lowest BCUT2D eigenvalue weighted by molar-refractivity contribution is -0.365. The van der Waals surface area contributed by atoms with E-state index in [2.05, 4.69) is 0 Å². The van der Waals surface area contributed by atoms with Crippen molar-refractivity contribution in [3.05, 3.63) is 0 Å². The summed E-state index contributed by atoms with van der Waals surface area (Å²) in [4.78, 5) is 12.2. The van der Waals surface area contributed by atoms with Crippen molar-refractivity contribution in [2.24, 2.45) is 5.92 Å². The van der Waals surface area contributed by atoms with Gasteiger partial charge in [-0.05, 0) is 0 Å². The quantitative estimate of drug-likeness (QED) is 0.112. The second kappa shape index (κ2) is 13.4. The van der Waals surface area contributed by atoms with Gasteiger partial charge in [-0.1, -0.05) is 6.92 Å². The second-order valence-electron chi connectivity index (χ2n) is 10.2. The molecule has 16 atom stereocenters. The Morgan fingerprint density at radius 2 is 1.57 bits per heavy atom. The Morgan fingerprint density at radius 3 is 2.15 bits per heavy atom. The Hall–Kier alpha value is -1.17. The minimum atomic E-state index is -2.66. The van der Waals surface area contributed by atoms with Crippen molar-refractivity contribution < 1.29 is 89.8 Å². The molecule has 18 nitrogen and oxygen atoms in total. The lowest BCUT2D eigenvalue weighted by Gasteiger charge is -2.47. The van der Waals surface area contributed by atoms with E-state index >= 15 is 0 Å². The summed E-state index contributed by atoms with van der Waals surface area (Å²) in [6, 6.07) is 0. The first-order valence-electron chi connectivity index (χ1n) is 12.5. The Kier molecular flexibility index (Phi) is 11.2. The average molecular weight is 591 g/mol. The van der Waals surface area contributed by atoms with Gasteiger partial charge in [0, 0.05) is 12.3 Å². The summed E-state index contributed by atoms with van der Waals surface area (Å²) in [6.07, 6.45) is -25.3. The molecule has 12 N–H and O–H groups in total. The summed E-state index contributed by atoms with van der Waals surface area (Å²) in [5, 5.41) is 120. The highest BCUT2D eigenvalue weighted by Gasteiger charge is 2.56. The van der Waals surface area contributed by atoms with Gasteiger partial charge in [0.1, 0.15) is 61.0 Å². The minimum Gasteiger partial charge on any atom is -0.477 e. The van der Waals surface area contributed by atoms with Crippen molar-refractivity contribution in [2.75, 3.05) is 19.8 Å². The van der Waals surface area contributed by atoms with Crippen molar-refractivity contribution in [3.63, 3.8) is 0 Å². The number of carboxylic acid groups (broad SMARTS) is 1. The van der Waals surface area contributed by atoms with Gasteiger partial charge >= 0.3 is 5.97 Å². The van der Waals surface area contributed by atoms with Crippen LogP contribution in [0.4, 0.5) is 0 Å². The monoisotopic (exact) mass is 590 g/mol. The molecule has 234 valence electrons. The van der Waals surface area contributed by atoms with E-state index in [1.54, 1.807) is 0 Å². The first kappa shape index (κ1) is 33.3. The van der Waals surface area contributed by atoms with Crippen LogP contribution in [0, 0.1) is 5.92 Å². The lowest BCUT2D eigenvalue weighted by atomic mass is 9.84. The predicted molar refractivity (Wildman–Crippen MR) is 122 cm³/mol. The third-order valence-corrected chi connectivity index (χ3v) is 7.45. The molecule has 5 unspecified atom stereocenters. The number of rotatable bonds is 10. The maximum Gasteiger partial charge on any atom is 0.364 e. The molecule has 18 heteroatoms. The molecule has 0 spiro atoms. The van der Waals surface area contributed by atoms with E-state index < -0.39 is 130 Å². The van der Waals surface area contributed by atoms with Crippen LogP contribution in [-0.4, -0.2) is 179 Å². The number of aliphatic hydroxyl groups is 11. The first-order chi connectivity index (χ1) is 18.7. The molecule has 0 aromatic heterocycles. The largest absolute Gasteiger partial charge is 0.477 e. The highest BCUT2D eigenvalue weighted by molar-refractivity contribution is 5.76. The van der Waals surface area contributed by atoms with Crippen LogP contribution in [0.25, 0.3) is 0 Å². The van der Waals surface area contributed by atoms with Crippen molar-refractivity contribution in [1.82, 2.24) is 0 Å². The number of hydrogen-bond acceptors (Lipinski definition) is 17. The molecule has 0 aromatic carbocycles. The van der Waals surface area contributed by atoms with E-state index in [1.165, 1.54) is 6.92 Å². The fourth-order valence-corrected chi connectivity index (χ4v) is 4.83. The molecular weight excluding hydrogens is 552 g/mol. The van der Waals surface area contributed by atoms with Crippen LogP contribution in [0.5, 0.6) is 0 Å². The molecular formula is C22H38O18. The Bertz CT molecular complexity index is 832. The summed E-state index contributed by atoms with van der Waals surface area (Å²) < 4.78 is 26.7. The number of aliphatic carboxylic acids is 1. The maximum absolute atomic E-state index is 12.2. The summed E-state index contributed by atoms with van der Waals surface area (Å²) in [5.74, 6) is -5.35. The zero-order valence-electron chi connectivity index (χ0n) is 21.3. The van der Waals surface area contributed by atoms with Crippen LogP contribution >= 0.6 is 0 Å². The molecule has 40 heavy (non-hydrogen) atoms. The lowest BCUT2D eigenvalue weighted by Crippen LogP contribution is -2.65. The number of carbonyl (C=O) groups is 1. The molecule has 0 amide bonds. The molecule has 0 bridgehead atoms. The smallest absolute Gasteiger partial charge is 0.364 e. The van der Waals surface area contributed by atoms with Crippen LogP contribution in [0.3, 0.4) is 0 Å². The fraction of sp³-hybridized carbons (Fsp3) is 0.955. The number of hydrogen-bond donors (Lipinski definition) is 12. The summed E-state index contributed by atoms with van der Waals surface area (Å²) >= 11 is 0. The van der Waals surface area contributed by atoms with Gasteiger partial charge in [-0.25, -0.2) is 4.79 Å². The third kappa shape index (κ3) is 6.57. The van der Waals surface area contributed by atoms with Crippen LogP contribution in [0.2, 0.25) is 0 Å². The van der Waals surface area contributed by atoms with Gasteiger partial charge < -0.3 is 85.0 Å². The van der Waals surface area contributed by atoms with Gasteiger partial charge in [-0.15, -0.1) is 0 Å². The molecule has 3 rings (SSSR count). The number of carboxylic acids is 1. The Labute approximate surface area is 227 Å². The molecule has 3 saturated heterocycles. The SMILES string of the molecule is C[C@H]1[C@H]([C@H](O)[C@H](O)CO)O[C@@](OCC2O[C@@H](O[C@@H]3C(CO)OC(O)C(O)[C@H]3O)C(O)[C@@H](O)[C@H]2O)(C(=O)O)C[C@H]1O. The van der Waals surface area contributed by atoms with Crippen LogP contribution < -0.4 is 0 Å². The third-order valence-electron chi connectivity index (χ3n) is 7.45. The summed E-state index contributed by atoms with van der Waals surface area (Å²) in [7, 11) is 0. The van der Waals surface area contributed by atoms with E-state index in [9.17, 15) is 61.0 Å². The van der Waals surface area contributed by atoms with E-state index in [1.807, 2.05) is 0 Å².